The Bertz CT molecular complexity index is 276. The van der Waals surface area contributed by atoms with Crippen molar-refractivity contribution in [1.82, 2.24) is 0 Å². The van der Waals surface area contributed by atoms with Crippen molar-refractivity contribution < 1.29 is 14.6 Å². The first-order chi connectivity index (χ1) is 6.38. The maximum absolute atomic E-state index is 7.00. The molecule has 0 amide bonds. The van der Waals surface area contributed by atoms with Crippen LogP contribution in [-0.4, -0.2) is 46.9 Å². The van der Waals surface area contributed by atoms with Crippen LogP contribution in [0.5, 0.6) is 5.75 Å². The summed E-state index contributed by atoms with van der Waals surface area (Å²) in [4.78, 5) is 0. The van der Waals surface area contributed by atoms with Crippen molar-refractivity contribution in [1.29, 1.82) is 0 Å². The molecule has 0 unspecified atom stereocenters. The van der Waals surface area contributed by atoms with E-state index in [0.29, 0.717) is 6.79 Å². The topological polar surface area (TPSA) is 38.7 Å². The van der Waals surface area contributed by atoms with Gasteiger partial charge in [0.15, 0.2) is 0 Å². The minimum absolute atomic E-state index is 0.401. The third kappa shape index (κ3) is 2.69. The van der Waals surface area contributed by atoms with Crippen LogP contribution in [0.1, 0.15) is 5.56 Å². The zero-order valence-electron chi connectivity index (χ0n) is 7.91. The number of hydrogen-bond acceptors (Lipinski definition) is 3. The Balaban J connectivity index is 0.000000396. The van der Waals surface area contributed by atoms with Crippen LogP contribution in [0.3, 0.4) is 0 Å². The minimum atomic E-state index is 0.401. The van der Waals surface area contributed by atoms with Crippen LogP contribution in [0, 0.1) is 0 Å². The Labute approximate surface area is 95.1 Å². The standard InChI is InChI=1S/C8H7O2.CH4O.Na/c1-2-4-8-7(3-1)5-9-6-10-8;1-2;/h1-2,4H,5-6H2;2H,1H3;. The van der Waals surface area contributed by atoms with Crippen LogP contribution >= 0.6 is 0 Å². The van der Waals surface area contributed by atoms with E-state index in [9.17, 15) is 0 Å². The molecule has 1 aliphatic rings. The van der Waals surface area contributed by atoms with E-state index in [1.807, 2.05) is 12.1 Å². The molecule has 0 bridgehead atoms. The van der Waals surface area contributed by atoms with Crippen LogP contribution in [0.2, 0.25) is 0 Å². The Hall–Kier alpha value is -0.0600. The van der Waals surface area contributed by atoms with Crippen LogP contribution in [-0.2, 0) is 11.3 Å². The first kappa shape index (κ1) is 11.0. The van der Waals surface area contributed by atoms with Crippen molar-refractivity contribution in [2.75, 3.05) is 13.9 Å². The maximum atomic E-state index is 7.00. The third-order valence-corrected chi connectivity index (χ3v) is 2.85. The van der Waals surface area contributed by atoms with E-state index < -0.39 is 0 Å². The van der Waals surface area contributed by atoms with Gasteiger partial charge >= 0.3 is 83.1 Å². The molecule has 66 valence electrons. The summed E-state index contributed by atoms with van der Waals surface area (Å²) >= 11 is 1.06. The summed E-state index contributed by atoms with van der Waals surface area (Å²) in [6, 6.07) is 6.16. The van der Waals surface area contributed by atoms with Gasteiger partial charge in [-0.05, 0) is 0 Å². The van der Waals surface area contributed by atoms with Crippen molar-refractivity contribution in [2.24, 2.45) is 0 Å². The van der Waals surface area contributed by atoms with Crippen LogP contribution < -0.4 is 7.55 Å². The molecule has 0 aliphatic carbocycles. The molecule has 0 fully saturated rings. The number of aliphatic hydroxyl groups is 1. The van der Waals surface area contributed by atoms with Crippen molar-refractivity contribution in [3.63, 3.8) is 0 Å². The zero-order valence-corrected chi connectivity index (χ0v) is 9.91. The van der Waals surface area contributed by atoms with Gasteiger partial charge in [0.2, 0.25) is 0 Å². The molecule has 3 nitrogen and oxygen atoms in total. The predicted molar refractivity (Wildman–Crippen MR) is 50.3 cm³/mol. The molecular weight excluding hydrogens is 179 g/mol. The van der Waals surface area contributed by atoms with Gasteiger partial charge in [0.1, 0.15) is 0 Å². The Morgan fingerprint density at radius 3 is 2.85 bits per heavy atom. The number of ether oxygens (including phenoxy) is 2. The van der Waals surface area contributed by atoms with Gasteiger partial charge in [-0.1, -0.05) is 0 Å². The van der Waals surface area contributed by atoms with E-state index >= 15 is 0 Å². The first-order valence-corrected chi connectivity index (χ1v) is 5.11. The van der Waals surface area contributed by atoms with Gasteiger partial charge in [0.25, 0.3) is 0 Å². The summed E-state index contributed by atoms with van der Waals surface area (Å²) in [5, 5.41) is 7.00. The molecule has 1 N–H and O–H groups in total. The van der Waals surface area contributed by atoms with Crippen LogP contribution in [0.25, 0.3) is 0 Å². The molecule has 1 aliphatic heterocycles. The number of aliphatic hydroxyl groups excluding tert-OH is 1. The van der Waals surface area contributed by atoms with Crippen molar-refractivity contribution in [3.05, 3.63) is 23.8 Å². The van der Waals surface area contributed by atoms with Gasteiger partial charge in [-0.15, -0.1) is 0 Å². The molecule has 0 atom stereocenters. The fraction of sp³-hybridized carbons (Fsp3) is 0.333. The van der Waals surface area contributed by atoms with E-state index in [4.69, 9.17) is 14.6 Å². The average molecular weight is 190 g/mol. The second-order valence-electron chi connectivity index (χ2n) is 2.66. The van der Waals surface area contributed by atoms with E-state index in [1.54, 1.807) is 0 Å². The molecule has 0 radical (unpaired) electrons. The molecule has 13 heavy (non-hydrogen) atoms. The Morgan fingerprint density at radius 2 is 2.15 bits per heavy atom. The zero-order chi connectivity index (χ0) is 9.68. The SMILES string of the molecule is CO.[Na][c]1cccc2c1COCO2. The number of hydrogen-bond donors (Lipinski definition) is 1. The average Bonchev–Trinajstić information content (AvgIpc) is 2.22. The van der Waals surface area contributed by atoms with E-state index in [-0.39, 0.29) is 0 Å². The summed E-state index contributed by atoms with van der Waals surface area (Å²) < 4.78 is 11.9. The monoisotopic (exact) mass is 190 g/mol. The number of fused-ring (bicyclic) bond motifs is 1. The molecule has 4 heteroatoms. The van der Waals surface area contributed by atoms with Crippen molar-refractivity contribution in [2.45, 2.75) is 6.61 Å². The summed E-state index contributed by atoms with van der Waals surface area (Å²) in [5.74, 6) is 1.00. The Kier molecular flexibility index (Phi) is 4.77. The molecule has 1 heterocycles. The van der Waals surface area contributed by atoms with E-state index in [2.05, 4.69) is 6.07 Å². The fourth-order valence-electron chi connectivity index (χ4n) is 1.24. The molecular formula is C9H11NaO3. The Morgan fingerprint density at radius 1 is 1.38 bits per heavy atom. The predicted octanol–water partition coefficient (Wildman–Crippen LogP) is -0.0446. The van der Waals surface area contributed by atoms with Gasteiger partial charge < -0.3 is 5.11 Å². The van der Waals surface area contributed by atoms with E-state index in [0.717, 1.165) is 47.4 Å². The third-order valence-electron chi connectivity index (χ3n) is 1.91. The second kappa shape index (κ2) is 5.62. The van der Waals surface area contributed by atoms with Gasteiger partial charge in [0.05, 0.1) is 0 Å². The number of benzene rings is 1. The first-order valence-electron chi connectivity index (χ1n) is 4.11. The van der Waals surface area contributed by atoms with Crippen LogP contribution in [0.15, 0.2) is 18.2 Å². The fourth-order valence-corrected chi connectivity index (χ4v) is 1.83. The molecule has 0 saturated heterocycles. The molecule has 0 aromatic heterocycles. The van der Waals surface area contributed by atoms with Crippen molar-refractivity contribution >= 4 is 30.7 Å². The molecule has 2 rings (SSSR count). The normalized spacial score (nSPS) is 13.5. The van der Waals surface area contributed by atoms with E-state index in [1.165, 1.54) is 8.38 Å². The summed E-state index contributed by atoms with van der Waals surface area (Å²) in [7, 11) is 1.00. The molecule has 0 spiro atoms. The second-order valence-corrected chi connectivity index (χ2v) is 3.74. The van der Waals surface area contributed by atoms with Gasteiger partial charge in [-0.2, -0.15) is 0 Å². The molecule has 0 saturated carbocycles. The summed E-state index contributed by atoms with van der Waals surface area (Å²) in [5.41, 5.74) is 1.24. The van der Waals surface area contributed by atoms with Crippen LogP contribution in [0.4, 0.5) is 0 Å². The summed E-state index contributed by atoms with van der Waals surface area (Å²) in [6.45, 7) is 1.12. The van der Waals surface area contributed by atoms with Gasteiger partial charge in [-0.3, -0.25) is 0 Å². The molecule has 1 aromatic carbocycles. The quantitative estimate of drug-likeness (QED) is 0.583. The van der Waals surface area contributed by atoms with Gasteiger partial charge in [-0.25, -0.2) is 0 Å². The summed E-state index contributed by atoms with van der Waals surface area (Å²) in [6.07, 6.45) is 0. The molecule has 1 aromatic rings. The number of rotatable bonds is 0. The van der Waals surface area contributed by atoms with Crippen molar-refractivity contribution in [3.8, 4) is 5.75 Å². The van der Waals surface area contributed by atoms with Gasteiger partial charge in [0, 0.05) is 7.11 Å².